The largest absolute Gasteiger partial charge is 0.465 e. The summed E-state index contributed by atoms with van der Waals surface area (Å²) in [5, 5.41) is 3.29. The van der Waals surface area contributed by atoms with Gasteiger partial charge in [-0.05, 0) is 43.7 Å². The van der Waals surface area contributed by atoms with E-state index in [4.69, 9.17) is 0 Å². The van der Waals surface area contributed by atoms with Crippen LogP contribution in [-0.4, -0.2) is 65.7 Å². The molecule has 1 aromatic rings. The van der Waals surface area contributed by atoms with E-state index in [0.29, 0.717) is 17.7 Å². The van der Waals surface area contributed by atoms with Crippen LogP contribution >= 0.6 is 24.8 Å². The Morgan fingerprint density at radius 3 is 2.50 bits per heavy atom. The zero-order valence-corrected chi connectivity index (χ0v) is 17.4. The number of rotatable bonds is 7. The van der Waals surface area contributed by atoms with Gasteiger partial charge in [0.15, 0.2) is 0 Å². The number of halogens is 2. The number of hydrogen-bond donors (Lipinski definition) is 2. The van der Waals surface area contributed by atoms with E-state index in [1.165, 1.54) is 25.3 Å². The summed E-state index contributed by atoms with van der Waals surface area (Å²) >= 11 is 0. The van der Waals surface area contributed by atoms with Crippen LogP contribution in [-0.2, 0) is 14.8 Å². The molecule has 0 saturated carbocycles. The Kier molecular flexibility index (Phi) is 11.3. The summed E-state index contributed by atoms with van der Waals surface area (Å²) in [6, 6.07) is 4.44. The molecule has 1 heterocycles. The maximum Gasteiger partial charge on any atom is 0.337 e. The average molecular weight is 428 g/mol. The van der Waals surface area contributed by atoms with Crippen LogP contribution in [0.15, 0.2) is 23.1 Å². The minimum absolute atomic E-state index is 0. The fraction of sp³-hybridized carbons (Fsp3) is 0.562. The normalized spacial score (nSPS) is 14.8. The van der Waals surface area contributed by atoms with Crippen LogP contribution in [0.4, 0.5) is 0 Å². The van der Waals surface area contributed by atoms with Crippen molar-refractivity contribution in [3.8, 4) is 0 Å². The molecule has 0 atom stereocenters. The molecule has 26 heavy (non-hydrogen) atoms. The number of aryl methyl sites for hydroxylation is 1. The highest BCUT2D eigenvalue weighted by molar-refractivity contribution is 7.89. The summed E-state index contributed by atoms with van der Waals surface area (Å²) in [7, 11) is -2.28. The van der Waals surface area contributed by atoms with Crippen LogP contribution in [0.5, 0.6) is 0 Å². The topological polar surface area (TPSA) is 87.7 Å². The maximum absolute atomic E-state index is 12.4. The Balaban J connectivity index is 0.00000312. The molecule has 0 aliphatic carbocycles. The Morgan fingerprint density at radius 1 is 1.27 bits per heavy atom. The molecule has 1 aliphatic rings. The maximum atomic E-state index is 12.4. The smallest absolute Gasteiger partial charge is 0.337 e. The van der Waals surface area contributed by atoms with Gasteiger partial charge in [0.05, 0.1) is 17.6 Å². The highest BCUT2D eigenvalue weighted by atomic mass is 35.5. The van der Waals surface area contributed by atoms with Crippen molar-refractivity contribution >= 4 is 40.8 Å². The molecule has 7 nitrogen and oxygen atoms in total. The van der Waals surface area contributed by atoms with Gasteiger partial charge in [0.1, 0.15) is 0 Å². The first kappa shape index (κ1) is 25.1. The van der Waals surface area contributed by atoms with Gasteiger partial charge in [-0.3, -0.25) is 0 Å². The standard InChI is InChI=1S/C16H25N3O4S.2ClH/c1-13-12-14(16(20)23-2)4-5-15(13)24(21,22)18-6-3-9-19-10-7-17-8-11-19;;/h4-5,12,17-18H,3,6-11H2,1-2H3;2*1H. The second kappa shape index (κ2) is 11.7. The van der Waals surface area contributed by atoms with Crippen LogP contribution in [0.1, 0.15) is 22.3 Å². The van der Waals surface area contributed by atoms with E-state index in [0.717, 1.165) is 39.1 Å². The molecule has 0 aromatic heterocycles. The molecule has 0 spiro atoms. The summed E-state index contributed by atoms with van der Waals surface area (Å²) in [6.07, 6.45) is 0.762. The van der Waals surface area contributed by atoms with Crippen LogP contribution in [0.25, 0.3) is 0 Å². The predicted molar refractivity (Wildman–Crippen MR) is 106 cm³/mol. The first-order valence-corrected chi connectivity index (χ1v) is 9.54. The molecule has 1 fully saturated rings. The summed E-state index contributed by atoms with van der Waals surface area (Å²) in [4.78, 5) is 14.0. The van der Waals surface area contributed by atoms with Gasteiger partial charge in [-0.25, -0.2) is 17.9 Å². The Bertz CT molecular complexity index is 680. The molecule has 0 bridgehead atoms. The van der Waals surface area contributed by atoms with Crippen LogP contribution in [0.3, 0.4) is 0 Å². The van der Waals surface area contributed by atoms with E-state index in [-0.39, 0.29) is 29.7 Å². The minimum atomic E-state index is -3.58. The van der Waals surface area contributed by atoms with Gasteiger partial charge >= 0.3 is 5.97 Å². The van der Waals surface area contributed by atoms with Gasteiger partial charge in [-0.1, -0.05) is 0 Å². The number of nitrogens with one attached hydrogen (secondary N) is 2. The molecule has 1 aliphatic heterocycles. The van der Waals surface area contributed by atoms with Crippen molar-refractivity contribution in [3.63, 3.8) is 0 Å². The highest BCUT2D eigenvalue weighted by Gasteiger charge is 2.18. The zero-order valence-electron chi connectivity index (χ0n) is 15.0. The molecule has 10 heteroatoms. The number of carbonyl (C=O) groups is 1. The van der Waals surface area contributed by atoms with Crippen molar-refractivity contribution in [3.05, 3.63) is 29.3 Å². The van der Waals surface area contributed by atoms with Gasteiger partial charge in [0.25, 0.3) is 0 Å². The van der Waals surface area contributed by atoms with Crippen LogP contribution in [0, 0.1) is 6.92 Å². The van der Waals surface area contributed by atoms with E-state index < -0.39 is 16.0 Å². The number of esters is 1. The van der Waals surface area contributed by atoms with Crippen molar-refractivity contribution in [2.45, 2.75) is 18.2 Å². The SMILES string of the molecule is COC(=O)c1ccc(S(=O)(=O)NCCCN2CCNCC2)c(C)c1.Cl.Cl. The summed E-state index contributed by atoms with van der Waals surface area (Å²) < 4.78 is 32.1. The lowest BCUT2D eigenvalue weighted by atomic mass is 10.1. The molecule has 1 saturated heterocycles. The van der Waals surface area contributed by atoms with Crippen LogP contribution in [0.2, 0.25) is 0 Å². The van der Waals surface area contributed by atoms with Gasteiger partial charge in [0, 0.05) is 32.7 Å². The first-order valence-electron chi connectivity index (χ1n) is 8.06. The molecule has 0 unspecified atom stereocenters. The molecular formula is C16H27Cl2N3O4S. The van der Waals surface area contributed by atoms with Crippen LogP contribution < -0.4 is 10.0 Å². The summed E-state index contributed by atoms with van der Waals surface area (Å²) in [6.45, 7) is 6.91. The quantitative estimate of drug-likeness (QED) is 0.501. The van der Waals surface area contributed by atoms with Crippen molar-refractivity contribution in [2.24, 2.45) is 0 Å². The van der Waals surface area contributed by atoms with Gasteiger partial charge in [-0.2, -0.15) is 0 Å². The number of piperazine rings is 1. The lowest BCUT2D eigenvalue weighted by Crippen LogP contribution is -2.44. The summed E-state index contributed by atoms with van der Waals surface area (Å²) in [5.74, 6) is -0.481. The zero-order chi connectivity index (χ0) is 17.6. The Morgan fingerprint density at radius 2 is 1.92 bits per heavy atom. The van der Waals surface area contributed by atoms with E-state index in [1.807, 2.05) is 0 Å². The van der Waals surface area contributed by atoms with Crippen molar-refractivity contribution in [1.29, 1.82) is 0 Å². The molecule has 150 valence electrons. The molecule has 0 amide bonds. The Hall–Kier alpha value is -0.900. The number of ether oxygens (including phenoxy) is 1. The second-order valence-electron chi connectivity index (χ2n) is 5.81. The monoisotopic (exact) mass is 427 g/mol. The molecule has 2 rings (SSSR count). The molecule has 2 N–H and O–H groups in total. The third-order valence-corrected chi connectivity index (χ3v) is 5.66. The number of sulfonamides is 1. The van der Waals surface area contributed by atoms with E-state index in [9.17, 15) is 13.2 Å². The molecule has 0 radical (unpaired) electrons. The van der Waals surface area contributed by atoms with Crippen molar-refractivity contribution < 1.29 is 17.9 Å². The lowest BCUT2D eigenvalue weighted by molar-refractivity contribution is 0.0600. The fourth-order valence-electron chi connectivity index (χ4n) is 2.72. The minimum Gasteiger partial charge on any atom is -0.465 e. The van der Waals surface area contributed by atoms with Crippen molar-refractivity contribution in [1.82, 2.24) is 14.9 Å². The van der Waals surface area contributed by atoms with E-state index in [2.05, 4.69) is 19.7 Å². The van der Waals surface area contributed by atoms with Gasteiger partial charge in [-0.15, -0.1) is 24.8 Å². The van der Waals surface area contributed by atoms with Crippen molar-refractivity contribution in [2.75, 3.05) is 46.4 Å². The number of nitrogens with zero attached hydrogens (tertiary/aromatic N) is 1. The third kappa shape index (κ3) is 7.02. The Labute approximate surface area is 167 Å². The van der Waals surface area contributed by atoms with Gasteiger partial charge < -0.3 is 15.0 Å². The molecular weight excluding hydrogens is 401 g/mol. The first-order chi connectivity index (χ1) is 11.4. The third-order valence-electron chi connectivity index (χ3n) is 4.04. The highest BCUT2D eigenvalue weighted by Crippen LogP contribution is 2.17. The lowest BCUT2D eigenvalue weighted by Gasteiger charge is -2.27. The number of methoxy groups -OCH3 is 1. The predicted octanol–water partition coefficient (Wildman–Crippen LogP) is 1.20. The summed E-state index contributed by atoms with van der Waals surface area (Å²) in [5.41, 5.74) is 0.861. The number of benzene rings is 1. The fourth-order valence-corrected chi connectivity index (χ4v) is 4.02. The second-order valence-corrected chi connectivity index (χ2v) is 7.55. The van der Waals surface area contributed by atoms with E-state index >= 15 is 0 Å². The molecule has 1 aromatic carbocycles. The van der Waals surface area contributed by atoms with E-state index in [1.54, 1.807) is 6.92 Å². The van der Waals surface area contributed by atoms with Gasteiger partial charge in [0.2, 0.25) is 10.0 Å². The number of carbonyl (C=O) groups excluding carboxylic acids is 1. The average Bonchev–Trinajstić information content (AvgIpc) is 2.58. The number of hydrogen-bond acceptors (Lipinski definition) is 6.